The van der Waals surface area contributed by atoms with Gasteiger partial charge in [-0.05, 0) is 32.6 Å². The van der Waals surface area contributed by atoms with Crippen molar-refractivity contribution in [3.8, 4) is 22.5 Å². The zero-order valence-electron chi connectivity index (χ0n) is 16.2. The maximum Gasteiger partial charge on any atom is 0.232 e. The first-order chi connectivity index (χ1) is 13.7. The summed E-state index contributed by atoms with van der Waals surface area (Å²) in [7, 11) is 4.16. The maximum absolute atomic E-state index is 6.23. The minimum Gasteiger partial charge on any atom is -0.437 e. The van der Waals surface area contributed by atoms with Gasteiger partial charge in [0.05, 0.1) is 5.39 Å². The Labute approximate surface area is 165 Å². The van der Waals surface area contributed by atoms with E-state index in [9.17, 15) is 0 Å². The highest BCUT2D eigenvalue weighted by atomic mass is 16.3. The van der Waals surface area contributed by atoms with Gasteiger partial charge in [0.1, 0.15) is 17.9 Å². The Morgan fingerprint density at radius 3 is 2.25 bits per heavy atom. The number of aromatic nitrogens is 2. The Morgan fingerprint density at radius 2 is 1.57 bits per heavy atom. The number of anilines is 1. The summed E-state index contributed by atoms with van der Waals surface area (Å²) in [6, 6.07) is 20.4. The van der Waals surface area contributed by atoms with E-state index < -0.39 is 0 Å². The van der Waals surface area contributed by atoms with Crippen molar-refractivity contribution in [1.82, 2.24) is 14.9 Å². The molecule has 2 aromatic carbocycles. The number of benzene rings is 2. The van der Waals surface area contributed by atoms with Crippen LogP contribution in [0.25, 0.3) is 33.6 Å². The lowest BCUT2D eigenvalue weighted by molar-refractivity contribution is 0.405. The molecule has 0 radical (unpaired) electrons. The molecule has 0 saturated carbocycles. The van der Waals surface area contributed by atoms with Crippen molar-refractivity contribution in [2.24, 2.45) is 0 Å². The molecule has 0 aliphatic heterocycles. The molecule has 142 valence electrons. The van der Waals surface area contributed by atoms with Crippen LogP contribution in [-0.4, -0.2) is 42.1 Å². The Bertz CT molecular complexity index is 1040. The average molecular weight is 372 g/mol. The molecule has 5 nitrogen and oxygen atoms in total. The molecule has 4 rings (SSSR count). The standard InChI is InChI=1S/C23H24N4O/c1-27(2)15-9-14-24-22-20-19(17-10-5-3-6-11-17)21(18-12-7-4-8-13-18)28-23(20)26-16-25-22/h3-8,10-13,16H,9,14-15H2,1-2H3,(H,24,25,26). The van der Waals surface area contributed by atoms with Crippen molar-refractivity contribution in [3.05, 3.63) is 67.0 Å². The van der Waals surface area contributed by atoms with Gasteiger partial charge in [0.25, 0.3) is 0 Å². The second-order valence-corrected chi connectivity index (χ2v) is 7.02. The van der Waals surface area contributed by atoms with Gasteiger partial charge in [0, 0.05) is 17.7 Å². The summed E-state index contributed by atoms with van der Waals surface area (Å²) >= 11 is 0. The molecule has 0 aliphatic rings. The molecule has 0 unspecified atom stereocenters. The van der Waals surface area contributed by atoms with E-state index in [0.717, 1.165) is 53.2 Å². The lowest BCUT2D eigenvalue weighted by atomic mass is 9.99. The van der Waals surface area contributed by atoms with Crippen LogP contribution in [0.4, 0.5) is 5.82 Å². The van der Waals surface area contributed by atoms with E-state index in [0.29, 0.717) is 5.71 Å². The topological polar surface area (TPSA) is 54.2 Å². The number of nitrogens with zero attached hydrogens (tertiary/aromatic N) is 3. The molecule has 1 N–H and O–H groups in total. The highest BCUT2D eigenvalue weighted by Crippen LogP contribution is 2.42. The number of nitrogens with one attached hydrogen (secondary N) is 1. The van der Waals surface area contributed by atoms with Crippen LogP contribution in [0.2, 0.25) is 0 Å². The van der Waals surface area contributed by atoms with Gasteiger partial charge in [0.15, 0.2) is 0 Å². The van der Waals surface area contributed by atoms with E-state index in [4.69, 9.17) is 4.42 Å². The number of hydrogen-bond donors (Lipinski definition) is 1. The van der Waals surface area contributed by atoms with Crippen molar-refractivity contribution in [3.63, 3.8) is 0 Å². The average Bonchev–Trinajstić information content (AvgIpc) is 3.13. The predicted molar refractivity (Wildman–Crippen MR) is 114 cm³/mol. The third kappa shape index (κ3) is 3.75. The SMILES string of the molecule is CN(C)CCCNc1ncnc2oc(-c3ccccc3)c(-c3ccccc3)c12. The van der Waals surface area contributed by atoms with Gasteiger partial charge in [-0.1, -0.05) is 60.7 Å². The van der Waals surface area contributed by atoms with Gasteiger partial charge in [-0.15, -0.1) is 0 Å². The number of rotatable bonds is 7. The fourth-order valence-electron chi connectivity index (χ4n) is 3.34. The van der Waals surface area contributed by atoms with Crippen LogP contribution in [0, 0.1) is 0 Å². The monoisotopic (exact) mass is 372 g/mol. The molecule has 0 bridgehead atoms. The van der Waals surface area contributed by atoms with Crippen molar-refractivity contribution < 1.29 is 4.42 Å². The Morgan fingerprint density at radius 1 is 0.893 bits per heavy atom. The van der Waals surface area contributed by atoms with Gasteiger partial charge in [-0.25, -0.2) is 9.97 Å². The highest BCUT2D eigenvalue weighted by molar-refractivity contribution is 6.05. The summed E-state index contributed by atoms with van der Waals surface area (Å²) < 4.78 is 6.23. The third-order valence-electron chi connectivity index (χ3n) is 4.66. The smallest absolute Gasteiger partial charge is 0.232 e. The molecule has 0 spiro atoms. The summed E-state index contributed by atoms with van der Waals surface area (Å²) in [6.45, 7) is 1.86. The number of furan rings is 1. The minimum absolute atomic E-state index is 0.600. The summed E-state index contributed by atoms with van der Waals surface area (Å²) in [5.74, 6) is 1.63. The summed E-state index contributed by atoms with van der Waals surface area (Å²) in [6.07, 6.45) is 2.59. The molecule has 2 aromatic heterocycles. The molecular weight excluding hydrogens is 348 g/mol. The second-order valence-electron chi connectivity index (χ2n) is 7.02. The van der Waals surface area contributed by atoms with Crippen molar-refractivity contribution in [1.29, 1.82) is 0 Å². The van der Waals surface area contributed by atoms with Gasteiger partial charge >= 0.3 is 0 Å². The maximum atomic E-state index is 6.23. The molecular formula is C23H24N4O. The van der Waals surface area contributed by atoms with Crippen LogP contribution in [0.5, 0.6) is 0 Å². The molecule has 0 fully saturated rings. The Kier molecular flexibility index (Phi) is 5.35. The van der Waals surface area contributed by atoms with E-state index in [1.807, 2.05) is 36.4 Å². The number of fused-ring (bicyclic) bond motifs is 1. The van der Waals surface area contributed by atoms with E-state index in [1.165, 1.54) is 0 Å². The van der Waals surface area contributed by atoms with Crippen molar-refractivity contribution in [2.75, 3.05) is 32.5 Å². The lowest BCUT2D eigenvalue weighted by Crippen LogP contribution is -2.16. The first kappa shape index (κ1) is 18.2. The van der Waals surface area contributed by atoms with E-state index >= 15 is 0 Å². The van der Waals surface area contributed by atoms with Crippen LogP contribution in [0.15, 0.2) is 71.4 Å². The number of hydrogen-bond acceptors (Lipinski definition) is 5. The highest BCUT2D eigenvalue weighted by Gasteiger charge is 2.21. The molecule has 0 saturated heterocycles. The lowest BCUT2D eigenvalue weighted by Gasteiger charge is -2.11. The van der Waals surface area contributed by atoms with Crippen molar-refractivity contribution >= 4 is 16.9 Å². The van der Waals surface area contributed by atoms with E-state index in [-0.39, 0.29) is 0 Å². The molecule has 2 heterocycles. The van der Waals surface area contributed by atoms with Crippen LogP contribution in [-0.2, 0) is 0 Å². The third-order valence-corrected chi connectivity index (χ3v) is 4.66. The fraction of sp³-hybridized carbons (Fsp3) is 0.217. The summed E-state index contributed by atoms with van der Waals surface area (Å²) in [4.78, 5) is 11.1. The van der Waals surface area contributed by atoms with Crippen LogP contribution < -0.4 is 5.32 Å². The van der Waals surface area contributed by atoms with Crippen LogP contribution in [0.3, 0.4) is 0 Å². The summed E-state index contributed by atoms with van der Waals surface area (Å²) in [5.41, 5.74) is 3.74. The fourth-order valence-corrected chi connectivity index (χ4v) is 3.34. The van der Waals surface area contributed by atoms with Crippen molar-refractivity contribution in [2.45, 2.75) is 6.42 Å². The minimum atomic E-state index is 0.600. The molecule has 4 aromatic rings. The Balaban J connectivity index is 1.83. The van der Waals surface area contributed by atoms with Gasteiger partial charge < -0.3 is 14.6 Å². The van der Waals surface area contributed by atoms with E-state index in [2.05, 4.69) is 58.5 Å². The van der Waals surface area contributed by atoms with Gasteiger partial charge in [0.2, 0.25) is 5.71 Å². The molecule has 28 heavy (non-hydrogen) atoms. The van der Waals surface area contributed by atoms with Crippen LogP contribution >= 0.6 is 0 Å². The zero-order chi connectivity index (χ0) is 19.3. The normalized spacial score (nSPS) is 11.2. The molecule has 0 amide bonds. The van der Waals surface area contributed by atoms with Crippen LogP contribution in [0.1, 0.15) is 6.42 Å². The summed E-state index contributed by atoms with van der Waals surface area (Å²) in [5, 5.41) is 4.41. The van der Waals surface area contributed by atoms with Gasteiger partial charge in [-0.2, -0.15) is 0 Å². The van der Waals surface area contributed by atoms with Gasteiger partial charge in [-0.3, -0.25) is 0 Å². The molecule has 5 heteroatoms. The second kappa shape index (κ2) is 8.23. The zero-order valence-corrected chi connectivity index (χ0v) is 16.2. The first-order valence-corrected chi connectivity index (χ1v) is 9.51. The molecule has 0 atom stereocenters. The Hall–Kier alpha value is -3.18. The first-order valence-electron chi connectivity index (χ1n) is 9.51. The largest absolute Gasteiger partial charge is 0.437 e. The molecule has 0 aliphatic carbocycles. The predicted octanol–water partition coefficient (Wildman–Crippen LogP) is 4.92. The quantitative estimate of drug-likeness (QED) is 0.467. The van der Waals surface area contributed by atoms with E-state index in [1.54, 1.807) is 6.33 Å².